The molecule has 0 N–H and O–H groups in total. The fourth-order valence-electron chi connectivity index (χ4n) is 4.33. The standard InChI is InChI=1S/C25H23N7O/c1-31-16-20(14-29-31)23-12-24-28-8-9-32(24)25(30-23)18-5-3-4-17(10-18)22(6-7-26)19-11-21(33-2)15-27-13-19/h3,5,8-17,22H,4,6H2,1-2H3. The zero-order valence-corrected chi connectivity index (χ0v) is 18.5. The molecule has 0 aromatic carbocycles. The van der Waals surface area contributed by atoms with Gasteiger partial charge in [-0.25, -0.2) is 9.97 Å². The van der Waals surface area contributed by atoms with E-state index >= 15 is 0 Å². The number of ether oxygens (including phenoxy) is 1. The Labute approximate surface area is 191 Å². The lowest BCUT2D eigenvalue weighted by molar-refractivity contribution is 0.410. The first-order valence-electron chi connectivity index (χ1n) is 10.7. The van der Waals surface area contributed by atoms with Crippen molar-refractivity contribution in [3.63, 3.8) is 0 Å². The maximum absolute atomic E-state index is 9.54. The second kappa shape index (κ2) is 8.71. The second-order valence-electron chi connectivity index (χ2n) is 8.07. The molecule has 0 saturated heterocycles. The molecule has 8 nitrogen and oxygen atoms in total. The van der Waals surface area contributed by atoms with Gasteiger partial charge in [0.2, 0.25) is 0 Å². The van der Waals surface area contributed by atoms with Gasteiger partial charge in [-0.1, -0.05) is 18.2 Å². The molecule has 0 fully saturated rings. The van der Waals surface area contributed by atoms with Gasteiger partial charge < -0.3 is 4.74 Å². The quantitative estimate of drug-likeness (QED) is 0.449. The van der Waals surface area contributed by atoms with Crippen molar-refractivity contribution in [2.75, 3.05) is 7.11 Å². The number of hydrogen-bond acceptors (Lipinski definition) is 6. The van der Waals surface area contributed by atoms with Crippen molar-refractivity contribution in [2.45, 2.75) is 18.8 Å². The van der Waals surface area contributed by atoms with Crippen LogP contribution in [0.15, 0.2) is 67.5 Å². The molecule has 0 aliphatic heterocycles. The molecule has 4 aromatic heterocycles. The average molecular weight is 438 g/mol. The Morgan fingerprint density at radius 2 is 2.18 bits per heavy atom. The fourth-order valence-corrected chi connectivity index (χ4v) is 4.33. The van der Waals surface area contributed by atoms with E-state index in [0.717, 1.165) is 40.3 Å². The molecule has 5 rings (SSSR count). The summed E-state index contributed by atoms with van der Waals surface area (Å²) in [6, 6.07) is 6.28. The van der Waals surface area contributed by atoms with Gasteiger partial charge in [-0.05, 0) is 24.0 Å². The fraction of sp³-hybridized carbons (Fsp3) is 0.240. The molecule has 0 saturated carbocycles. The monoisotopic (exact) mass is 437 g/mol. The maximum Gasteiger partial charge on any atom is 0.146 e. The van der Waals surface area contributed by atoms with Gasteiger partial charge in [0.25, 0.3) is 0 Å². The summed E-state index contributed by atoms with van der Waals surface area (Å²) in [4.78, 5) is 13.8. The van der Waals surface area contributed by atoms with E-state index in [9.17, 15) is 5.26 Å². The number of fused-ring (bicyclic) bond motifs is 1. The van der Waals surface area contributed by atoms with Crippen molar-refractivity contribution in [3.8, 4) is 23.1 Å². The van der Waals surface area contributed by atoms with Crippen LogP contribution in [0.4, 0.5) is 0 Å². The minimum atomic E-state index is -0.00247. The number of nitrogens with zero attached hydrogens (tertiary/aromatic N) is 7. The number of imidazole rings is 1. The van der Waals surface area contributed by atoms with Gasteiger partial charge in [0, 0.05) is 61.4 Å². The van der Waals surface area contributed by atoms with E-state index in [1.807, 2.05) is 42.2 Å². The Balaban J connectivity index is 1.58. The number of aryl methyl sites for hydroxylation is 1. The normalized spacial score (nSPS) is 16.4. The average Bonchev–Trinajstić information content (AvgIpc) is 3.51. The van der Waals surface area contributed by atoms with Crippen LogP contribution in [0.1, 0.15) is 30.1 Å². The molecule has 4 aromatic rings. The Morgan fingerprint density at radius 1 is 1.27 bits per heavy atom. The third-order valence-corrected chi connectivity index (χ3v) is 5.97. The van der Waals surface area contributed by atoms with Crippen LogP contribution in [0.5, 0.6) is 5.75 Å². The molecular formula is C25H23N7O. The van der Waals surface area contributed by atoms with Gasteiger partial charge in [0.05, 0.1) is 31.3 Å². The number of allylic oxidation sites excluding steroid dienone is 4. The van der Waals surface area contributed by atoms with Crippen LogP contribution in [0.3, 0.4) is 0 Å². The molecule has 164 valence electrons. The molecule has 4 heterocycles. The Kier molecular flexibility index (Phi) is 5.45. The lowest BCUT2D eigenvalue weighted by Gasteiger charge is -2.25. The number of hydrogen-bond donors (Lipinski definition) is 0. The summed E-state index contributed by atoms with van der Waals surface area (Å²) in [7, 11) is 3.51. The van der Waals surface area contributed by atoms with E-state index in [1.54, 1.807) is 30.4 Å². The molecule has 0 amide bonds. The van der Waals surface area contributed by atoms with E-state index in [4.69, 9.17) is 9.72 Å². The predicted octanol–water partition coefficient (Wildman–Crippen LogP) is 4.19. The lowest BCUT2D eigenvalue weighted by atomic mass is 9.79. The van der Waals surface area contributed by atoms with Crippen molar-refractivity contribution in [1.29, 1.82) is 5.26 Å². The molecule has 8 heteroatoms. The van der Waals surface area contributed by atoms with Gasteiger partial charge in [0.1, 0.15) is 17.2 Å². The minimum Gasteiger partial charge on any atom is -0.495 e. The van der Waals surface area contributed by atoms with Crippen LogP contribution in [-0.2, 0) is 7.05 Å². The molecule has 0 radical (unpaired) electrons. The highest BCUT2D eigenvalue weighted by Gasteiger charge is 2.25. The van der Waals surface area contributed by atoms with E-state index in [0.29, 0.717) is 12.2 Å². The van der Waals surface area contributed by atoms with E-state index in [2.05, 4.69) is 39.4 Å². The molecule has 33 heavy (non-hydrogen) atoms. The van der Waals surface area contributed by atoms with Crippen LogP contribution in [-0.4, -0.2) is 36.2 Å². The number of methoxy groups -OCH3 is 1. The smallest absolute Gasteiger partial charge is 0.146 e. The first kappa shape index (κ1) is 20.6. The van der Waals surface area contributed by atoms with Crippen molar-refractivity contribution >= 4 is 11.2 Å². The van der Waals surface area contributed by atoms with Crippen LogP contribution >= 0.6 is 0 Å². The summed E-state index contributed by atoms with van der Waals surface area (Å²) in [5, 5.41) is 13.8. The first-order chi connectivity index (χ1) is 16.2. The van der Waals surface area contributed by atoms with Gasteiger partial charge in [-0.15, -0.1) is 0 Å². The predicted molar refractivity (Wildman–Crippen MR) is 124 cm³/mol. The molecule has 2 atom stereocenters. The summed E-state index contributed by atoms with van der Waals surface area (Å²) in [5.74, 6) is 1.62. The topological polar surface area (TPSA) is 93.9 Å². The zero-order valence-electron chi connectivity index (χ0n) is 18.5. The SMILES string of the molecule is COc1cncc(C(CC#N)C2C=C(c3nc(-c4cnn(C)c4)cc4nccn34)C=CC2)c1. The van der Waals surface area contributed by atoms with Crippen LogP contribution in [0.2, 0.25) is 0 Å². The summed E-state index contributed by atoms with van der Waals surface area (Å²) < 4.78 is 9.11. The number of pyridine rings is 1. The minimum absolute atomic E-state index is 0.00247. The van der Waals surface area contributed by atoms with Crippen LogP contribution in [0.25, 0.3) is 22.5 Å². The van der Waals surface area contributed by atoms with E-state index in [1.165, 1.54) is 0 Å². The third kappa shape index (κ3) is 4.01. The molecule has 2 unspecified atom stereocenters. The number of rotatable bonds is 6. The summed E-state index contributed by atoms with van der Waals surface area (Å²) in [5.41, 5.74) is 4.57. The molecule has 0 bridgehead atoms. The number of nitriles is 1. The first-order valence-corrected chi connectivity index (χ1v) is 10.7. The van der Waals surface area contributed by atoms with E-state index < -0.39 is 0 Å². The van der Waals surface area contributed by atoms with E-state index in [-0.39, 0.29) is 11.8 Å². The summed E-state index contributed by atoms with van der Waals surface area (Å²) in [6.45, 7) is 0. The molecule has 1 aliphatic rings. The largest absolute Gasteiger partial charge is 0.495 e. The summed E-state index contributed by atoms with van der Waals surface area (Å²) in [6.07, 6.45) is 18.6. The van der Waals surface area contributed by atoms with Crippen LogP contribution in [0, 0.1) is 17.2 Å². The third-order valence-electron chi connectivity index (χ3n) is 5.97. The Morgan fingerprint density at radius 3 is 2.97 bits per heavy atom. The van der Waals surface area contributed by atoms with Gasteiger partial charge in [-0.2, -0.15) is 10.4 Å². The lowest BCUT2D eigenvalue weighted by Crippen LogP contribution is -2.14. The molecular weight excluding hydrogens is 414 g/mol. The zero-order chi connectivity index (χ0) is 22.8. The molecule has 1 aliphatic carbocycles. The molecule has 0 spiro atoms. The highest BCUT2D eigenvalue weighted by atomic mass is 16.5. The summed E-state index contributed by atoms with van der Waals surface area (Å²) >= 11 is 0. The van der Waals surface area contributed by atoms with Crippen molar-refractivity contribution in [1.82, 2.24) is 29.1 Å². The van der Waals surface area contributed by atoms with Gasteiger partial charge in [-0.3, -0.25) is 14.1 Å². The Bertz CT molecular complexity index is 1410. The second-order valence-corrected chi connectivity index (χ2v) is 8.07. The maximum atomic E-state index is 9.54. The van der Waals surface area contributed by atoms with Crippen molar-refractivity contribution in [3.05, 3.63) is 78.9 Å². The van der Waals surface area contributed by atoms with Gasteiger partial charge >= 0.3 is 0 Å². The van der Waals surface area contributed by atoms with Crippen LogP contribution < -0.4 is 4.74 Å². The van der Waals surface area contributed by atoms with Crippen molar-refractivity contribution < 1.29 is 4.74 Å². The van der Waals surface area contributed by atoms with Gasteiger partial charge in [0.15, 0.2) is 0 Å². The Hall–Kier alpha value is -4.25. The number of aromatic nitrogens is 6. The highest BCUT2D eigenvalue weighted by molar-refractivity contribution is 5.75. The van der Waals surface area contributed by atoms with Crippen molar-refractivity contribution in [2.24, 2.45) is 13.0 Å². The highest BCUT2D eigenvalue weighted by Crippen LogP contribution is 2.37.